The molecule has 8 heteroatoms. The number of halogens is 2. The van der Waals surface area contributed by atoms with Crippen LogP contribution in [0.5, 0.6) is 0 Å². The zero-order chi connectivity index (χ0) is 18.7. The number of H-pyrrole nitrogens is 1. The third-order valence-electron chi connectivity index (χ3n) is 4.15. The van der Waals surface area contributed by atoms with Crippen LogP contribution in [-0.4, -0.2) is 40.0 Å². The van der Waals surface area contributed by atoms with Crippen molar-refractivity contribution in [3.8, 4) is 0 Å². The molecule has 2 amide bonds. The van der Waals surface area contributed by atoms with E-state index in [4.69, 9.17) is 23.2 Å². The minimum Gasteiger partial charge on any atom is -0.328 e. The van der Waals surface area contributed by atoms with E-state index in [1.165, 1.54) is 4.90 Å². The molecule has 26 heavy (non-hydrogen) atoms. The van der Waals surface area contributed by atoms with Crippen LogP contribution in [-0.2, 0) is 4.79 Å². The summed E-state index contributed by atoms with van der Waals surface area (Å²) in [6, 6.07) is 6.61. The van der Waals surface area contributed by atoms with Crippen LogP contribution in [0, 0.1) is 0 Å². The van der Waals surface area contributed by atoms with Gasteiger partial charge in [0.2, 0.25) is 5.91 Å². The Balaban J connectivity index is 1.67. The van der Waals surface area contributed by atoms with Gasteiger partial charge in [0.05, 0.1) is 10.7 Å². The number of anilines is 1. The Labute approximate surface area is 161 Å². The van der Waals surface area contributed by atoms with Gasteiger partial charge in [0.1, 0.15) is 12.2 Å². The highest BCUT2D eigenvalue weighted by Gasteiger charge is 2.28. The summed E-state index contributed by atoms with van der Waals surface area (Å²) in [6.45, 7) is 2.33. The summed E-state index contributed by atoms with van der Waals surface area (Å²) in [7, 11) is 0. The van der Waals surface area contributed by atoms with Gasteiger partial charge >= 0.3 is 0 Å². The molecule has 1 fully saturated rings. The fourth-order valence-electron chi connectivity index (χ4n) is 2.69. The van der Waals surface area contributed by atoms with Crippen molar-refractivity contribution in [2.45, 2.75) is 32.1 Å². The first kappa shape index (κ1) is 18.7. The number of hydrogen-bond donors (Lipinski definition) is 2. The molecule has 0 radical (unpaired) electrons. The van der Waals surface area contributed by atoms with E-state index in [0.717, 1.165) is 25.0 Å². The molecule has 2 aromatic rings. The molecule has 0 unspecified atom stereocenters. The first-order chi connectivity index (χ1) is 12.5. The Hall–Kier alpha value is -2.05. The highest BCUT2D eigenvalue weighted by Crippen LogP contribution is 2.39. The monoisotopic (exact) mass is 394 g/mol. The highest BCUT2D eigenvalue weighted by atomic mass is 35.5. The fourth-order valence-corrected chi connectivity index (χ4v) is 3.03. The van der Waals surface area contributed by atoms with Gasteiger partial charge < -0.3 is 10.2 Å². The van der Waals surface area contributed by atoms with Gasteiger partial charge in [-0.3, -0.25) is 14.7 Å². The second kappa shape index (κ2) is 8.10. The molecule has 0 saturated heterocycles. The Kier molecular flexibility index (Phi) is 5.84. The number of aromatic nitrogens is 2. The lowest BCUT2D eigenvalue weighted by Gasteiger charge is -2.20. The minimum absolute atomic E-state index is 0.0822. The molecule has 138 valence electrons. The maximum absolute atomic E-state index is 12.7. The average Bonchev–Trinajstić information content (AvgIpc) is 3.34. The molecule has 0 bridgehead atoms. The summed E-state index contributed by atoms with van der Waals surface area (Å²) >= 11 is 12.0. The van der Waals surface area contributed by atoms with Crippen molar-refractivity contribution < 1.29 is 9.59 Å². The van der Waals surface area contributed by atoms with Gasteiger partial charge in [-0.25, -0.2) is 0 Å². The van der Waals surface area contributed by atoms with Gasteiger partial charge in [-0.2, -0.15) is 5.10 Å². The van der Waals surface area contributed by atoms with Gasteiger partial charge in [-0.15, -0.1) is 0 Å². The van der Waals surface area contributed by atoms with Gasteiger partial charge in [-0.1, -0.05) is 30.1 Å². The van der Waals surface area contributed by atoms with Gasteiger partial charge in [0.25, 0.3) is 5.91 Å². The number of carbonyl (C=O) groups excluding carboxylic acids is 2. The molecule has 0 spiro atoms. The molecule has 1 saturated carbocycles. The SMILES string of the molecule is CCCN(CC(=O)Nc1cc(Cl)ccc1Cl)C(=O)c1cc(C2CC2)[nH]n1. The van der Waals surface area contributed by atoms with Crippen LogP contribution < -0.4 is 5.32 Å². The molecule has 3 rings (SSSR count). The Morgan fingerprint density at radius 2 is 2.08 bits per heavy atom. The summed E-state index contributed by atoms with van der Waals surface area (Å²) in [4.78, 5) is 26.6. The van der Waals surface area contributed by atoms with Gasteiger partial charge in [0, 0.05) is 23.2 Å². The summed E-state index contributed by atoms with van der Waals surface area (Å²) in [5, 5.41) is 10.6. The van der Waals surface area contributed by atoms with E-state index < -0.39 is 0 Å². The zero-order valence-electron chi connectivity index (χ0n) is 14.4. The number of nitrogens with one attached hydrogen (secondary N) is 2. The quantitative estimate of drug-likeness (QED) is 0.742. The van der Waals surface area contributed by atoms with E-state index in [2.05, 4.69) is 15.5 Å². The Bertz CT molecular complexity index is 817. The van der Waals surface area contributed by atoms with E-state index >= 15 is 0 Å². The zero-order valence-corrected chi connectivity index (χ0v) is 15.9. The van der Waals surface area contributed by atoms with Gasteiger partial charge in [-0.05, 0) is 43.5 Å². The number of nitrogens with zero attached hydrogens (tertiary/aromatic N) is 2. The lowest BCUT2D eigenvalue weighted by Crippen LogP contribution is -2.38. The van der Waals surface area contributed by atoms with Crippen LogP contribution in [0.1, 0.15) is 48.3 Å². The lowest BCUT2D eigenvalue weighted by atomic mass is 10.2. The topological polar surface area (TPSA) is 78.1 Å². The van der Waals surface area contributed by atoms with Crippen LogP contribution >= 0.6 is 23.2 Å². The number of rotatable bonds is 7. The van der Waals surface area contributed by atoms with Crippen LogP contribution in [0.25, 0.3) is 0 Å². The number of hydrogen-bond acceptors (Lipinski definition) is 3. The smallest absolute Gasteiger partial charge is 0.274 e. The van der Waals surface area contributed by atoms with Crippen LogP contribution in [0.15, 0.2) is 24.3 Å². The molecule has 2 N–H and O–H groups in total. The molecular formula is C18H20Cl2N4O2. The number of amides is 2. The molecular weight excluding hydrogens is 375 g/mol. The third-order valence-corrected chi connectivity index (χ3v) is 4.72. The lowest BCUT2D eigenvalue weighted by molar-refractivity contribution is -0.116. The molecule has 6 nitrogen and oxygen atoms in total. The molecule has 1 aromatic heterocycles. The van der Waals surface area contributed by atoms with Crippen molar-refractivity contribution in [2.24, 2.45) is 0 Å². The van der Waals surface area contributed by atoms with Crippen molar-refractivity contribution in [1.29, 1.82) is 0 Å². The first-order valence-corrected chi connectivity index (χ1v) is 9.33. The predicted octanol–water partition coefficient (Wildman–Crippen LogP) is 4.08. The molecule has 0 atom stereocenters. The van der Waals surface area contributed by atoms with E-state index in [1.807, 2.05) is 6.92 Å². The maximum Gasteiger partial charge on any atom is 0.274 e. The number of carbonyl (C=O) groups is 2. The first-order valence-electron chi connectivity index (χ1n) is 8.57. The second-order valence-electron chi connectivity index (χ2n) is 6.38. The third kappa shape index (κ3) is 4.56. The van der Waals surface area contributed by atoms with E-state index in [9.17, 15) is 9.59 Å². The van der Waals surface area contributed by atoms with Crippen LogP contribution in [0.3, 0.4) is 0 Å². The maximum atomic E-state index is 12.7. The molecule has 1 aliphatic carbocycles. The van der Waals surface area contributed by atoms with Crippen molar-refractivity contribution in [3.05, 3.63) is 45.7 Å². The second-order valence-corrected chi connectivity index (χ2v) is 7.23. The summed E-state index contributed by atoms with van der Waals surface area (Å²) in [5.41, 5.74) is 1.75. The van der Waals surface area contributed by atoms with Gasteiger partial charge in [0.15, 0.2) is 0 Å². The van der Waals surface area contributed by atoms with E-state index in [0.29, 0.717) is 33.9 Å². The summed E-state index contributed by atoms with van der Waals surface area (Å²) < 4.78 is 0. The summed E-state index contributed by atoms with van der Waals surface area (Å²) in [5.74, 6) is -0.117. The molecule has 1 aliphatic rings. The Morgan fingerprint density at radius 3 is 2.77 bits per heavy atom. The summed E-state index contributed by atoms with van der Waals surface area (Å²) in [6.07, 6.45) is 2.98. The average molecular weight is 395 g/mol. The fraction of sp³-hybridized carbons (Fsp3) is 0.389. The standard InChI is InChI=1S/C18H20Cl2N4O2/c1-2-7-24(18(26)16-9-14(22-23-16)11-3-4-11)10-17(25)21-15-8-12(19)5-6-13(15)20/h5-6,8-9,11H,2-4,7,10H2,1H3,(H,21,25)(H,22,23). The van der Waals surface area contributed by atoms with E-state index in [1.54, 1.807) is 24.3 Å². The van der Waals surface area contributed by atoms with Crippen molar-refractivity contribution >= 4 is 40.7 Å². The predicted molar refractivity (Wildman–Crippen MR) is 102 cm³/mol. The molecule has 0 aliphatic heterocycles. The largest absolute Gasteiger partial charge is 0.328 e. The van der Waals surface area contributed by atoms with E-state index in [-0.39, 0.29) is 18.4 Å². The number of aromatic amines is 1. The van der Waals surface area contributed by atoms with Crippen LogP contribution in [0.4, 0.5) is 5.69 Å². The normalized spacial score (nSPS) is 13.5. The Morgan fingerprint density at radius 1 is 1.31 bits per heavy atom. The molecule has 1 aromatic carbocycles. The number of benzene rings is 1. The minimum atomic E-state index is -0.339. The van der Waals surface area contributed by atoms with Crippen LogP contribution in [0.2, 0.25) is 10.0 Å². The molecule has 1 heterocycles. The highest BCUT2D eigenvalue weighted by molar-refractivity contribution is 6.35. The van der Waals surface area contributed by atoms with Crippen molar-refractivity contribution in [2.75, 3.05) is 18.4 Å². The van der Waals surface area contributed by atoms with Crippen molar-refractivity contribution in [1.82, 2.24) is 15.1 Å². The van der Waals surface area contributed by atoms with Crippen molar-refractivity contribution in [3.63, 3.8) is 0 Å².